The van der Waals surface area contributed by atoms with Gasteiger partial charge in [-0.2, -0.15) is 0 Å². The zero-order chi connectivity index (χ0) is 17.1. The van der Waals surface area contributed by atoms with E-state index in [1.54, 1.807) is 28.8 Å². The molecule has 0 saturated heterocycles. The molecule has 0 bridgehead atoms. The van der Waals surface area contributed by atoms with Gasteiger partial charge in [-0.3, -0.25) is 9.36 Å². The Hall–Kier alpha value is -1.82. The summed E-state index contributed by atoms with van der Waals surface area (Å²) in [6, 6.07) is 10.8. The van der Waals surface area contributed by atoms with Crippen molar-refractivity contribution in [2.24, 2.45) is 0 Å². The summed E-state index contributed by atoms with van der Waals surface area (Å²) in [6.45, 7) is 4.12. The number of hydrogen-bond donors (Lipinski definition) is 0. The molecular formula is C17H13Cl2N3OS. The lowest BCUT2D eigenvalue weighted by Gasteiger charge is -2.11. The number of thioether (sulfide) groups is 1. The molecule has 0 aliphatic carbocycles. The molecule has 0 radical (unpaired) electrons. The van der Waals surface area contributed by atoms with Crippen molar-refractivity contribution in [3.8, 4) is 0 Å². The van der Waals surface area contributed by atoms with Crippen LogP contribution in [0.3, 0.4) is 0 Å². The summed E-state index contributed by atoms with van der Waals surface area (Å²) in [6.07, 6.45) is 1.68. The molecule has 3 aromatic rings. The van der Waals surface area contributed by atoms with E-state index in [4.69, 9.17) is 23.2 Å². The predicted octanol–water partition coefficient (Wildman–Crippen LogP) is 4.58. The first-order chi connectivity index (χ1) is 11.6. The van der Waals surface area contributed by atoms with Crippen molar-refractivity contribution in [3.63, 3.8) is 0 Å². The summed E-state index contributed by atoms with van der Waals surface area (Å²) >= 11 is 13.3. The van der Waals surface area contributed by atoms with Crippen molar-refractivity contribution in [3.05, 3.63) is 75.3 Å². The lowest BCUT2D eigenvalue weighted by atomic mass is 10.2. The van der Waals surface area contributed by atoms with Crippen molar-refractivity contribution >= 4 is 45.9 Å². The summed E-state index contributed by atoms with van der Waals surface area (Å²) in [4.78, 5) is 21.2. The first-order valence-corrected chi connectivity index (χ1v) is 8.88. The summed E-state index contributed by atoms with van der Waals surface area (Å²) in [7, 11) is 0. The number of allylic oxidation sites excluding steroid dienone is 1. The average molecular weight is 378 g/mol. The predicted molar refractivity (Wildman–Crippen MR) is 100 cm³/mol. The van der Waals surface area contributed by atoms with Crippen LogP contribution in [-0.4, -0.2) is 14.5 Å². The molecule has 0 saturated carbocycles. The van der Waals surface area contributed by atoms with Crippen molar-refractivity contribution in [2.45, 2.75) is 17.5 Å². The maximum atomic E-state index is 12.7. The third-order valence-electron chi connectivity index (χ3n) is 3.33. The molecule has 24 heavy (non-hydrogen) atoms. The number of nitrogens with zero attached hydrogens (tertiary/aromatic N) is 3. The van der Waals surface area contributed by atoms with Crippen LogP contribution in [0.1, 0.15) is 5.56 Å². The summed E-state index contributed by atoms with van der Waals surface area (Å²) < 4.78 is 1.62. The molecule has 7 heteroatoms. The van der Waals surface area contributed by atoms with Crippen molar-refractivity contribution in [1.82, 2.24) is 14.5 Å². The van der Waals surface area contributed by atoms with E-state index in [-0.39, 0.29) is 5.56 Å². The third-order valence-corrected chi connectivity index (χ3v) is 4.76. The Labute approximate surface area is 153 Å². The molecule has 1 aromatic carbocycles. The second-order valence-corrected chi connectivity index (χ2v) is 6.74. The van der Waals surface area contributed by atoms with Crippen molar-refractivity contribution in [2.75, 3.05) is 0 Å². The van der Waals surface area contributed by atoms with E-state index < -0.39 is 0 Å². The number of hydrogen-bond acceptors (Lipinski definition) is 4. The van der Waals surface area contributed by atoms with Gasteiger partial charge >= 0.3 is 0 Å². The van der Waals surface area contributed by atoms with Crippen LogP contribution in [0.25, 0.3) is 10.9 Å². The molecule has 0 unspecified atom stereocenters. The smallest absolute Gasteiger partial charge is 0.262 e. The molecule has 2 heterocycles. The molecule has 0 fully saturated rings. The Morgan fingerprint density at radius 2 is 1.88 bits per heavy atom. The minimum Gasteiger partial charge on any atom is -0.283 e. The largest absolute Gasteiger partial charge is 0.283 e. The van der Waals surface area contributed by atoms with Gasteiger partial charge in [-0.05, 0) is 29.8 Å². The first kappa shape index (κ1) is 17.0. The number of fused-ring (bicyclic) bond motifs is 1. The Morgan fingerprint density at radius 1 is 1.17 bits per heavy atom. The Bertz CT molecular complexity index is 951. The maximum absolute atomic E-state index is 12.7. The molecule has 4 nitrogen and oxygen atoms in total. The summed E-state index contributed by atoms with van der Waals surface area (Å²) in [5.41, 5.74) is 1.52. The minimum absolute atomic E-state index is 0.0752. The number of benzene rings is 1. The number of halogens is 2. The normalized spacial score (nSPS) is 10.9. The van der Waals surface area contributed by atoms with Crippen LogP contribution in [0, 0.1) is 0 Å². The van der Waals surface area contributed by atoms with Crippen LogP contribution in [0.5, 0.6) is 0 Å². The maximum Gasteiger partial charge on any atom is 0.262 e. The van der Waals surface area contributed by atoms with Gasteiger partial charge in [-0.15, -0.1) is 6.58 Å². The molecule has 0 amide bonds. The standard InChI is InChI=1S/C17H13Cl2N3OS/c1-2-7-22-16(23)12-5-3-4-6-13(12)20-17(22)24-10-11-8-14(18)21-15(19)9-11/h2-6,8-9H,1,7,10H2. The van der Waals surface area contributed by atoms with E-state index in [0.29, 0.717) is 38.7 Å². The zero-order valence-electron chi connectivity index (χ0n) is 12.6. The fourth-order valence-electron chi connectivity index (χ4n) is 2.29. The SMILES string of the molecule is C=CCn1c(SCc2cc(Cl)nc(Cl)c2)nc2ccccc2c1=O. The van der Waals surface area contributed by atoms with Gasteiger partial charge in [0.05, 0.1) is 10.9 Å². The van der Waals surface area contributed by atoms with Gasteiger partial charge in [0.15, 0.2) is 5.16 Å². The molecule has 2 aromatic heterocycles. The van der Waals surface area contributed by atoms with Crippen LogP contribution in [0.15, 0.2) is 59.0 Å². The van der Waals surface area contributed by atoms with Crippen LogP contribution in [0.4, 0.5) is 0 Å². The molecule has 122 valence electrons. The van der Waals surface area contributed by atoms with Gasteiger partial charge < -0.3 is 0 Å². The lowest BCUT2D eigenvalue weighted by Crippen LogP contribution is -2.22. The summed E-state index contributed by atoms with van der Waals surface area (Å²) in [5.74, 6) is 0.573. The highest BCUT2D eigenvalue weighted by atomic mass is 35.5. The van der Waals surface area contributed by atoms with Crippen LogP contribution < -0.4 is 5.56 Å². The van der Waals surface area contributed by atoms with E-state index >= 15 is 0 Å². The number of pyridine rings is 1. The molecule has 0 aliphatic heterocycles. The molecule has 0 aliphatic rings. The number of rotatable bonds is 5. The number of para-hydroxylation sites is 1. The lowest BCUT2D eigenvalue weighted by molar-refractivity contribution is 0.671. The van der Waals surface area contributed by atoms with Gasteiger partial charge in [-0.1, -0.05) is 53.2 Å². The topological polar surface area (TPSA) is 47.8 Å². The Balaban J connectivity index is 1.99. The fraction of sp³-hybridized carbons (Fsp3) is 0.118. The van der Waals surface area contributed by atoms with Gasteiger partial charge in [0, 0.05) is 12.3 Å². The Kier molecular flexibility index (Phi) is 5.23. The van der Waals surface area contributed by atoms with Crippen molar-refractivity contribution < 1.29 is 0 Å². The first-order valence-electron chi connectivity index (χ1n) is 7.13. The minimum atomic E-state index is -0.0752. The molecule has 0 atom stereocenters. The van der Waals surface area contributed by atoms with Gasteiger partial charge in [0.2, 0.25) is 0 Å². The zero-order valence-corrected chi connectivity index (χ0v) is 14.9. The third kappa shape index (κ3) is 3.64. The molecule has 0 N–H and O–H groups in total. The fourth-order valence-corrected chi connectivity index (χ4v) is 3.74. The van der Waals surface area contributed by atoms with Gasteiger partial charge in [0.1, 0.15) is 10.3 Å². The van der Waals surface area contributed by atoms with E-state index in [1.807, 2.05) is 18.2 Å². The second kappa shape index (κ2) is 7.38. The molecule has 0 spiro atoms. The molecule has 3 rings (SSSR count). The van der Waals surface area contributed by atoms with Crippen LogP contribution >= 0.6 is 35.0 Å². The van der Waals surface area contributed by atoms with Crippen molar-refractivity contribution in [1.29, 1.82) is 0 Å². The van der Waals surface area contributed by atoms with E-state index in [9.17, 15) is 4.79 Å². The average Bonchev–Trinajstić information content (AvgIpc) is 2.55. The molecular weight excluding hydrogens is 365 g/mol. The van der Waals surface area contributed by atoms with Crippen LogP contribution in [0.2, 0.25) is 10.3 Å². The quantitative estimate of drug-likeness (QED) is 0.282. The van der Waals surface area contributed by atoms with E-state index in [2.05, 4.69) is 16.5 Å². The van der Waals surface area contributed by atoms with E-state index in [1.165, 1.54) is 11.8 Å². The highest BCUT2D eigenvalue weighted by Gasteiger charge is 2.11. The summed E-state index contributed by atoms with van der Waals surface area (Å²) in [5, 5.41) is 1.91. The highest BCUT2D eigenvalue weighted by molar-refractivity contribution is 7.98. The number of aromatic nitrogens is 3. The van der Waals surface area contributed by atoms with Gasteiger partial charge in [-0.25, -0.2) is 9.97 Å². The van der Waals surface area contributed by atoms with Gasteiger partial charge in [0.25, 0.3) is 5.56 Å². The monoisotopic (exact) mass is 377 g/mol. The second-order valence-electron chi connectivity index (χ2n) is 5.03. The van der Waals surface area contributed by atoms with E-state index in [0.717, 1.165) is 5.56 Å². The highest BCUT2D eigenvalue weighted by Crippen LogP contribution is 2.24. The Morgan fingerprint density at radius 3 is 2.58 bits per heavy atom. The van der Waals surface area contributed by atoms with Crippen LogP contribution in [-0.2, 0) is 12.3 Å².